The number of aldehydes is 3. The van der Waals surface area contributed by atoms with Crippen molar-refractivity contribution in [1.29, 1.82) is 0 Å². The second kappa shape index (κ2) is 24.0. The Morgan fingerprint density at radius 2 is 1.72 bits per heavy atom. The van der Waals surface area contributed by atoms with E-state index in [-0.39, 0.29) is 23.4 Å². The molecule has 2 N–H and O–H groups in total. The highest BCUT2D eigenvalue weighted by atomic mass is 19.1. The van der Waals surface area contributed by atoms with Gasteiger partial charge in [-0.05, 0) is 135 Å². The van der Waals surface area contributed by atoms with Crippen molar-refractivity contribution in [3.63, 3.8) is 0 Å². The number of carbonyl (C=O) groups is 3. The molecule has 0 bridgehead atoms. The summed E-state index contributed by atoms with van der Waals surface area (Å²) in [6.07, 6.45) is 11.3. The van der Waals surface area contributed by atoms with Crippen LogP contribution in [0.5, 0.6) is 5.75 Å². The van der Waals surface area contributed by atoms with Gasteiger partial charge in [-0.2, -0.15) is 0 Å². The Labute approximate surface area is 382 Å². The number of carbonyl (C=O) groups excluding carboxylic acids is 3. The summed E-state index contributed by atoms with van der Waals surface area (Å²) in [6, 6.07) is 12.7. The van der Waals surface area contributed by atoms with Crippen LogP contribution in [0, 0.1) is 23.5 Å². The number of nitrogens with one attached hydrogen (secondary N) is 2. The number of ether oxygens (including phenoxy) is 1. The number of hydrogen-bond acceptors (Lipinski definition) is 13. The van der Waals surface area contributed by atoms with Crippen molar-refractivity contribution in [2.75, 3.05) is 77.2 Å². The number of likely N-dealkylation sites (tertiary alicyclic amines) is 2. The first kappa shape index (κ1) is 48.8. The average molecular weight is 892 g/mol. The minimum Gasteiger partial charge on any atom is -0.486 e. The molecule has 0 aliphatic carbocycles. The number of pyridine rings is 1. The van der Waals surface area contributed by atoms with Crippen molar-refractivity contribution in [2.45, 2.75) is 89.4 Å². The summed E-state index contributed by atoms with van der Waals surface area (Å²) < 4.78 is 35.9. The average Bonchev–Trinajstić information content (AvgIpc) is 3.32. The Kier molecular flexibility index (Phi) is 18.0. The van der Waals surface area contributed by atoms with Gasteiger partial charge in [-0.15, -0.1) is 0 Å². The minimum atomic E-state index is -0.653. The Hall–Kier alpha value is -5.66. The molecule has 346 valence electrons. The van der Waals surface area contributed by atoms with Gasteiger partial charge in [0, 0.05) is 60.9 Å². The molecule has 5 heterocycles. The SMILES string of the molecule is CC(C)N1CCOc2c(F)cc(-c3nc(Nc4ccc(C5CCN(C6CCN(CCC#Cc7cccc(C=O)c7CN(C)C(C=O)CCC=O)CC6)CC5)cn4)ncc3F)cc21.CNC. The fourth-order valence-corrected chi connectivity index (χ4v) is 8.92. The second-order valence-electron chi connectivity index (χ2n) is 17.2. The van der Waals surface area contributed by atoms with Crippen LogP contribution in [0.1, 0.15) is 91.8 Å². The molecule has 15 heteroatoms. The molecule has 2 saturated heterocycles. The molecule has 2 fully saturated rings. The van der Waals surface area contributed by atoms with E-state index in [1.165, 1.54) is 11.6 Å². The maximum atomic E-state index is 15.2. The molecule has 1 atom stereocenters. The summed E-state index contributed by atoms with van der Waals surface area (Å²) in [5, 5.41) is 5.85. The first-order chi connectivity index (χ1) is 31.6. The zero-order valence-corrected chi connectivity index (χ0v) is 38.4. The van der Waals surface area contributed by atoms with Gasteiger partial charge in [-0.3, -0.25) is 9.69 Å². The Balaban J connectivity index is 0.00000227. The quantitative estimate of drug-likeness (QED) is 0.0895. The van der Waals surface area contributed by atoms with Crippen LogP contribution in [0.4, 0.5) is 26.2 Å². The fourth-order valence-electron chi connectivity index (χ4n) is 8.92. The van der Waals surface area contributed by atoms with Crippen LogP contribution in [-0.2, 0) is 16.1 Å². The molecule has 3 aliphatic rings. The van der Waals surface area contributed by atoms with Crippen LogP contribution in [-0.4, -0.2) is 134 Å². The van der Waals surface area contributed by atoms with Crippen molar-refractivity contribution in [2.24, 2.45) is 0 Å². The summed E-state index contributed by atoms with van der Waals surface area (Å²) in [4.78, 5) is 56.6. The number of anilines is 3. The predicted octanol–water partition coefficient (Wildman–Crippen LogP) is 6.88. The van der Waals surface area contributed by atoms with Crippen LogP contribution in [0.3, 0.4) is 0 Å². The van der Waals surface area contributed by atoms with E-state index in [4.69, 9.17) is 4.74 Å². The lowest BCUT2D eigenvalue weighted by molar-refractivity contribution is -0.113. The summed E-state index contributed by atoms with van der Waals surface area (Å²) in [6.45, 7) is 10.5. The molecular formula is C50H63F2N9O4. The summed E-state index contributed by atoms with van der Waals surface area (Å²) in [5.41, 5.74) is 4.21. The smallest absolute Gasteiger partial charge is 0.229 e. The molecule has 0 saturated carbocycles. The fraction of sp³-hybridized carbons (Fsp3) is 0.480. The molecule has 0 spiro atoms. The Morgan fingerprint density at radius 1 is 0.954 bits per heavy atom. The number of fused-ring (bicyclic) bond motifs is 1. The third kappa shape index (κ3) is 12.8. The lowest BCUT2D eigenvalue weighted by Gasteiger charge is -2.41. The van der Waals surface area contributed by atoms with Crippen molar-refractivity contribution >= 4 is 36.3 Å². The van der Waals surface area contributed by atoms with Crippen molar-refractivity contribution < 1.29 is 27.9 Å². The molecule has 65 heavy (non-hydrogen) atoms. The van der Waals surface area contributed by atoms with Crippen LogP contribution >= 0.6 is 0 Å². The number of benzene rings is 2. The number of halogens is 2. The largest absolute Gasteiger partial charge is 0.486 e. The van der Waals surface area contributed by atoms with Gasteiger partial charge in [0.1, 0.15) is 37.0 Å². The summed E-state index contributed by atoms with van der Waals surface area (Å²) in [7, 11) is 5.58. The van der Waals surface area contributed by atoms with Crippen LogP contribution in [0.15, 0.2) is 54.9 Å². The van der Waals surface area contributed by atoms with E-state index in [0.717, 1.165) is 101 Å². The normalized spacial score (nSPS) is 16.4. The Morgan fingerprint density at radius 3 is 2.40 bits per heavy atom. The van der Waals surface area contributed by atoms with E-state index in [2.05, 4.69) is 53.3 Å². The van der Waals surface area contributed by atoms with Gasteiger partial charge < -0.3 is 39.7 Å². The van der Waals surface area contributed by atoms with E-state index >= 15 is 8.78 Å². The van der Waals surface area contributed by atoms with Crippen molar-refractivity contribution in [3.05, 3.63) is 88.7 Å². The van der Waals surface area contributed by atoms with Gasteiger partial charge in [0.05, 0.1) is 24.5 Å². The topological polar surface area (TPSA) is 136 Å². The van der Waals surface area contributed by atoms with Gasteiger partial charge in [0.15, 0.2) is 17.4 Å². The molecule has 2 aromatic carbocycles. The van der Waals surface area contributed by atoms with Crippen molar-refractivity contribution in [1.82, 2.24) is 35.0 Å². The molecule has 4 aromatic rings. The van der Waals surface area contributed by atoms with Gasteiger partial charge >= 0.3 is 0 Å². The van der Waals surface area contributed by atoms with Gasteiger partial charge in [0.25, 0.3) is 0 Å². The molecule has 13 nitrogen and oxygen atoms in total. The molecule has 7 rings (SSSR count). The zero-order chi connectivity index (χ0) is 46.3. The highest BCUT2D eigenvalue weighted by molar-refractivity contribution is 5.79. The highest BCUT2D eigenvalue weighted by Crippen LogP contribution is 2.39. The third-order valence-electron chi connectivity index (χ3n) is 12.5. The molecule has 3 aliphatic heterocycles. The number of nitrogens with zero attached hydrogens (tertiary/aromatic N) is 7. The van der Waals surface area contributed by atoms with E-state index in [9.17, 15) is 14.4 Å². The summed E-state index contributed by atoms with van der Waals surface area (Å²) >= 11 is 0. The van der Waals surface area contributed by atoms with E-state index in [1.807, 2.05) is 69.2 Å². The minimum absolute atomic E-state index is 0.00764. The van der Waals surface area contributed by atoms with Gasteiger partial charge in [-0.25, -0.2) is 23.7 Å². The molecule has 0 amide bonds. The maximum Gasteiger partial charge on any atom is 0.229 e. The van der Waals surface area contributed by atoms with Crippen LogP contribution in [0.2, 0.25) is 0 Å². The number of rotatable bonds is 16. The Bertz CT molecular complexity index is 2270. The van der Waals surface area contributed by atoms with E-state index < -0.39 is 17.7 Å². The highest BCUT2D eigenvalue weighted by Gasteiger charge is 2.29. The number of aromatic nitrogens is 3. The molecule has 1 unspecified atom stereocenters. The first-order valence-electron chi connectivity index (χ1n) is 22.8. The van der Waals surface area contributed by atoms with Crippen molar-refractivity contribution in [3.8, 4) is 28.8 Å². The number of hydrogen-bond donors (Lipinski definition) is 2. The number of likely N-dealkylation sites (N-methyl/N-ethyl adjacent to an activating group) is 1. The summed E-state index contributed by atoms with van der Waals surface area (Å²) in [5.74, 6) is 6.69. The second-order valence-corrected chi connectivity index (χ2v) is 17.2. The first-order valence-corrected chi connectivity index (χ1v) is 22.8. The maximum absolute atomic E-state index is 15.2. The monoisotopic (exact) mass is 891 g/mol. The zero-order valence-electron chi connectivity index (χ0n) is 38.4. The van der Waals surface area contributed by atoms with Crippen LogP contribution < -0.4 is 20.3 Å². The molecular weight excluding hydrogens is 829 g/mol. The third-order valence-corrected chi connectivity index (χ3v) is 12.5. The molecule has 2 aromatic heterocycles. The lowest BCUT2D eigenvalue weighted by atomic mass is 9.89. The standard InChI is InChI=1S/C48H56F2N8O4.C2H7N/c1-33(2)58-23-25-62-47-42(49)26-38(27-44(47)58)46-43(50)29-52-48(54-46)53-45-13-12-36(28-51-45)34-14-21-57(22-15-34)39-16-19-56(20-17-39)18-5-4-8-35-9-6-10-37(31-60)41(35)30-55(3)40(32-61)11-7-24-59;1-3-2/h6,9-10,12-13,24,26-29,31-34,39-40H,5,7,11,14-23,25,30H2,1-3H3,(H,51,52,53,54);3H,1-2H3. The lowest BCUT2D eigenvalue weighted by Crippen LogP contribution is -2.47. The van der Waals surface area contributed by atoms with Gasteiger partial charge in [0.2, 0.25) is 5.95 Å². The van der Waals surface area contributed by atoms with Gasteiger partial charge in [-0.1, -0.05) is 30.0 Å². The van der Waals surface area contributed by atoms with E-state index in [1.54, 1.807) is 12.1 Å². The van der Waals surface area contributed by atoms with Crippen LogP contribution in [0.25, 0.3) is 11.3 Å². The molecule has 0 radical (unpaired) electrons. The van der Waals surface area contributed by atoms with E-state index in [0.29, 0.717) is 67.1 Å². The predicted molar refractivity (Wildman–Crippen MR) is 251 cm³/mol. The number of piperidine rings is 2.